The summed E-state index contributed by atoms with van der Waals surface area (Å²) in [6, 6.07) is 4.55. The number of hydrogen-bond acceptors (Lipinski definition) is 3. The number of alkyl halides is 2. The van der Waals surface area contributed by atoms with E-state index in [1.807, 2.05) is 18.7 Å². The van der Waals surface area contributed by atoms with E-state index in [1.165, 1.54) is 12.1 Å². The van der Waals surface area contributed by atoms with Gasteiger partial charge in [-0.15, -0.1) is 24.0 Å². The molecule has 1 aliphatic rings. The Labute approximate surface area is 186 Å². The van der Waals surface area contributed by atoms with Crippen molar-refractivity contribution < 1.29 is 18.3 Å². The van der Waals surface area contributed by atoms with E-state index < -0.39 is 6.61 Å². The van der Waals surface area contributed by atoms with Crippen LogP contribution in [0.3, 0.4) is 0 Å². The van der Waals surface area contributed by atoms with Crippen molar-refractivity contribution in [3.05, 3.63) is 28.8 Å². The van der Waals surface area contributed by atoms with Crippen LogP contribution in [0.5, 0.6) is 5.75 Å². The zero-order valence-corrected chi connectivity index (χ0v) is 19.0. The second-order valence-electron chi connectivity index (χ2n) is 6.15. The molecule has 1 heterocycles. The highest BCUT2D eigenvalue weighted by molar-refractivity contribution is 14.0. The molecular formula is C18H26ClF2IN4O2. The molecule has 0 bridgehead atoms. The molecule has 0 aromatic heterocycles. The molecule has 0 spiro atoms. The SMILES string of the molecule is CCNC(=NCc1cc(Cl)ccc1OC(F)F)NC1CCN(C(=O)CC)C1.I. The van der Waals surface area contributed by atoms with Crippen LogP contribution in [0.1, 0.15) is 32.3 Å². The van der Waals surface area contributed by atoms with E-state index >= 15 is 0 Å². The van der Waals surface area contributed by atoms with Crippen LogP contribution < -0.4 is 15.4 Å². The number of guanidine groups is 1. The van der Waals surface area contributed by atoms with E-state index in [4.69, 9.17) is 11.6 Å². The fraction of sp³-hybridized carbons (Fsp3) is 0.556. The van der Waals surface area contributed by atoms with Gasteiger partial charge in [-0.3, -0.25) is 4.79 Å². The van der Waals surface area contributed by atoms with E-state index in [1.54, 1.807) is 6.07 Å². The van der Waals surface area contributed by atoms with E-state index in [-0.39, 0.29) is 48.2 Å². The lowest BCUT2D eigenvalue weighted by molar-refractivity contribution is -0.129. The molecule has 0 saturated carbocycles. The molecule has 0 radical (unpaired) electrons. The summed E-state index contributed by atoms with van der Waals surface area (Å²) in [6.07, 6.45) is 1.32. The van der Waals surface area contributed by atoms with Gasteiger partial charge in [0.05, 0.1) is 6.54 Å². The number of hydrogen-bond donors (Lipinski definition) is 2. The van der Waals surface area contributed by atoms with Gasteiger partial charge in [0.15, 0.2) is 5.96 Å². The minimum Gasteiger partial charge on any atom is -0.434 e. The molecule has 1 aromatic carbocycles. The number of rotatable bonds is 7. The first kappa shape index (κ1) is 24.7. The standard InChI is InChI=1S/C18H25ClF2N4O2.HI/c1-3-16(26)25-8-7-14(11-25)24-18(22-4-2)23-10-12-9-13(19)5-6-15(12)27-17(20)21;/h5-6,9,14,17H,3-4,7-8,10-11H2,1-2H3,(H2,22,23,24);1H. The van der Waals surface area contributed by atoms with Gasteiger partial charge in [-0.05, 0) is 31.5 Å². The summed E-state index contributed by atoms with van der Waals surface area (Å²) >= 11 is 5.97. The minimum absolute atomic E-state index is 0. The Bertz CT molecular complexity index is 679. The maximum absolute atomic E-state index is 12.6. The van der Waals surface area contributed by atoms with Crippen LogP contribution in [0.4, 0.5) is 8.78 Å². The molecule has 1 saturated heterocycles. The zero-order chi connectivity index (χ0) is 19.8. The third kappa shape index (κ3) is 7.57. The fourth-order valence-corrected chi connectivity index (χ4v) is 3.08. The molecule has 10 heteroatoms. The van der Waals surface area contributed by atoms with Crippen LogP contribution >= 0.6 is 35.6 Å². The summed E-state index contributed by atoms with van der Waals surface area (Å²) in [6.45, 7) is 2.97. The van der Waals surface area contributed by atoms with E-state index in [2.05, 4.69) is 20.4 Å². The average molecular weight is 531 g/mol. The number of nitrogens with one attached hydrogen (secondary N) is 2. The number of carbonyl (C=O) groups excluding carboxylic acids is 1. The Kier molecular flexibility index (Phi) is 10.8. The molecule has 1 unspecified atom stereocenters. The van der Waals surface area contributed by atoms with E-state index in [0.717, 1.165) is 6.42 Å². The molecule has 1 aliphatic heterocycles. The normalized spacial score (nSPS) is 16.7. The molecule has 1 amide bonds. The van der Waals surface area contributed by atoms with Crippen molar-refractivity contribution in [2.24, 2.45) is 4.99 Å². The van der Waals surface area contributed by atoms with Crippen LogP contribution in [0, 0.1) is 0 Å². The van der Waals surface area contributed by atoms with Gasteiger partial charge in [-0.2, -0.15) is 8.78 Å². The van der Waals surface area contributed by atoms with Gasteiger partial charge in [0.1, 0.15) is 5.75 Å². The number of nitrogens with zero attached hydrogens (tertiary/aromatic N) is 2. The predicted molar refractivity (Wildman–Crippen MR) is 117 cm³/mol. The second kappa shape index (κ2) is 12.3. The molecule has 158 valence electrons. The zero-order valence-electron chi connectivity index (χ0n) is 15.9. The first-order chi connectivity index (χ1) is 12.9. The summed E-state index contributed by atoms with van der Waals surface area (Å²) in [5, 5.41) is 6.84. The van der Waals surface area contributed by atoms with Gasteiger partial charge >= 0.3 is 6.61 Å². The maximum Gasteiger partial charge on any atom is 0.387 e. The van der Waals surface area contributed by atoms with Gasteiger partial charge in [0.2, 0.25) is 5.91 Å². The van der Waals surface area contributed by atoms with Crippen LogP contribution in [-0.2, 0) is 11.3 Å². The Morgan fingerprint density at radius 2 is 2.18 bits per heavy atom. The highest BCUT2D eigenvalue weighted by atomic mass is 127. The lowest BCUT2D eigenvalue weighted by Gasteiger charge is -2.19. The van der Waals surface area contributed by atoms with E-state index in [9.17, 15) is 13.6 Å². The number of ether oxygens (including phenoxy) is 1. The number of aliphatic imine (C=N–C) groups is 1. The summed E-state index contributed by atoms with van der Waals surface area (Å²) in [5.41, 5.74) is 0.467. The molecule has 1 aromatic rings. The third-order valence-electron chi connectivity index (χ3n) is 4.17. The first-order valence-corrected chi connectivity index (χ1v) is 9.36. The van der Waals surface area contributed by atoms with Crippen molar-refractivity contribution in [3.63, 3.8) is 0 Å². The molecular weight excluding hydrogens is 505 g/mol. The van der Waals surface area contributed by atoms with Gasteiger partial charge in [-0.1, -0.05) is 18.5 Å². The van der Waals surface area contributed by atoms with Crippen molar-refractivity contribution in [1.29, 1.82) is 0 Å². The summed E-state index contributed by atoms with van der Waals surface area (Å²) in [7, 11) is 0. The first-order valence-electron chi connectivity index (χ1n) is 8.98. The number of likely N-dealkylation sites (tertiary alicyclic amines) is 1. The van der Waals surface area contributed by atoms with E-state index in [0.29, 0.717) is 42.6 Å². The summed E-state index contributed by atoms with van der Waals surface area (Å²) < 4.78 is 29.7. The summed E-state index contributed by atoms with van der Waals surface area (Å²) in [5.74, 6) is 0.736. The third-order valence-corrected chi connectivity index (χ3v) is 4.41. The van der Waals surface area contributed by atoms with Crippen molar-refractivity contribution in [1.82, 2.24) is 15.5 Å². The molecule has 1 atom stereocenters. The smallest absolute Gasteiger partial charge is 0.387 e. The molecule has 2 rings (SSSR count). The van der Waals surface area contributed by atoms with Crippen molar-refractivity contribution in [2.75, 3.05) is 19.6 Å². The Morgan fingerprint density at radius 1 is 1.43 bits per heavy atom. The van der Waals surface area contributed by atoms with Crippen LogP contribution in [0.15, 0.2) is 23.2 Å². The van der Waals surface area contributed by atoms with Crippen LogP contribution in [0.25, 0.3) is 0 Å². The van der Waals surface area contributed by atoms with Crippen molar-refractivity contribution in [2.45, 2.75) is 45.9 Å². The lowest BCUT2D eigenvalue weighted by atomic mass is 10.2. The van der Waals surface area contributed by atoms with Gasteiger partial charge in [0, 0.05) is 42.7 Å². The topological polar surface area (TPSA) is 66.0 Å². The highest BCUT2D eigenvalue weighted by Gasteiger charge is 2.25. The van der Waals surface area contributed by atoms with Crippen LogP contribution in [0.2, 0.25) is 5.02 Å². The molecule has 1 fully saturated rings. The fourth-order valence-electron chi connectivity index (χ4n) is 2.89. The number of benzene rings is 1. The number of amides is 1. The second-order valence-corrected chi connectivity index (χ2v) is 6.59. The Morgan fingerprint density at radius 3 is 2.82 bits per heavy atom. The predicted octanol–water partition coefficient (Wildman–Crippen LogP) is 3.63. The van der Waals surface area contributed by atoms with Crippen molar-refractivity contribution >= 4 is 47.4 Å². The van der Waals surface area contributed by atoms with Crippen molar-refractivity contribution in [3.8, 4) is 5.75 Å². The molecule has 2 N–H and O–H groups in total. The number of halogens is 4. The Balaban J connectivity index is 0.00000392. The summed E-state index contributed by atoms with van der Waals surface area (Å²) in [4.78, 5) is 18.1. The molecule has 6 nitrogen and oxygen atoms in total. The Hall–Kier alpha value is -1.36. The highest BCUT2D eigenvalue weighted by Crippen LogP contribution is 2.25. The monoisotopic (exact) mass is 530 g/mol. The number of carbonyl (C=O) groups is 1. The minimum atomic E-state index is -2.92. The quantitative estimate of drug-likeness (QED) is 0.321. The molecule has 28 heavy (non-hydrogen) atoms. The average Bonchev–Trinajstić information content (AvgIpc) is 3.09. The maximum atomic E-state index is 12.6. The van der Waals surface area contributed by atoms with Crippen LogP contribution in [-0.4, -0.2) is 49.1 Å². The van der Waals surface area contributed by atoms with Gasteiger partial charge in [-0.25, -0.2) is 4.99 Å². The van der Waals surface area contributed by atoms with Gasteiger partial charge < -0.3 is 20.3 Å². The largest absolute Gasteiger partial charge is 0.434 e. The lowest BCUT2D eigenvalue weighted by Crippen LogP contribution is -2.45. The molecule has 0 aliphatic carbocycles. The van der Waals surface area contributed by atoms with Gasteiger partial charge in [0.25, 0.3) is 0 Å².